The van der Waals surface area contributed by atoms with E-state index in [4.69, 9.17) is 0 Å². The van der Waals surface area contributed by atoms with Gasteiger partial charge in [-0.1, -0.05) is 42.0 Å². The molecule has 0 aliphatic heterocycles. The van der Waals surface area contributed by atoms with E-state index in [1.165, 1.54) is 12.0 Å². The fraction of sp³-hybridized carbons (Fsp3) is 0.300. The lowest BCUT2D eigenvalue weighted by Crippen LogP contribution is -2.13. The summed E-state index contributed by atoms with van der Waals surface area (Å²) in [5.74, 6) is 6.63. The Morgan fingerprint density at radius 3 is 2.29 bits per heavy atom. The third-order valence-corrected chi connectivity index (χ3v) is 4.28. The second kappa shape index (κ2) is 5.74. The highest BCUT2D eigenvalue weighted by Gasteiger charge is 2.25. The Hall–Kier alpha value is -2.07. The minimum absolute atomic E-state index is 0.0598. The number of hydrogen-bond donors (Lipinski definition) is 0. The second-order valence-corrected chi connectivity index (χ2v) is 5.90. The summed E-state index contributed by atoms with van der Waals surface area (Å²) in [5.41, 5.74) is 4.60. The predicted octanol–water partition coefficient (Wildman–Crippen LogP) is 5.11. The average Bonchev–Trinajstić information content (AvgIpc) is 2.43. The third kappa shape index (κ3) is 2.85. The Balaban J connectivity index is 1.99. The minimum atomic E-state index is -0.0598. The molecule has 0 aromatic heterocycles. The first-order valence-electron chi connectivity index (χ1n) is 7.53. The monoisotopic (exact) mass is 278 g/mol. The van der Waals surface area contributed by atoms with Crippen molar-refractivity contribution in [2.24, 2.45) is 0 Å². The first kappa shape index (κ1) is 13.9. The van der Waals surface area contributed by atoms with Crippen LogP contribution in [0.4, 0.5) is 4.39 Å². The van der Waals surface area contributed by atoms with E-state index < -0.39 is 0 Å². The summed E-state index contributed by atoms with van der Waals surface area (Å²) in [7, 11) is 0. The molecule has 21 heavy (non-hydrogen) atoms. The molecule has 0 atom stereocenters. The van der Waals surface area contributed by atoms with Gasteiger partial charge >= 0.3 is 0 Å². The van der Waals surface area contributed by atoms with E-state index in [1.807, 2.05) is 43.3 Å². The van der Waals surface area contributed by atoms with Gasteiger partial charge in [0.05, 0.1) is 0 Å². The average molecular weight is 278 g/mol. The van der Waals surface area contributed by atoms with Gasteiger partial charge in [-0.25, -0.2) is 4.39 Å². The molecule has 0 unspecified atom stereocenters. The SMILES string of the molecule is Cc1ccc(C#Cc2ccc(C)c(F)c2C2CCC2)cc1. The number of rotatable bonds is 1. The summed E-state index contributed by atoms with van der Waals surface area (Å²) in [6.07, 6.45) is 3.36. The van der Waals surface area contributed by atoms with Crippen LogP contribution >= 0.6 is 0 Å². The van der Waals surface area contributed by atoms with Crippen LogP contribution < -0.4 is 0 Å². The summed E-state index contributed by atoms with van der Waals surface area (Å²) in [6.45, 7) is 3.88. The van der Waals surface area contributed by atoms with E-state index in [1.54, 1.807) is 0 Å². The zero-order valence-corrected chi connectivity index (χ0v) is 12.5. The molecule has 0 N–H and O–H groups in total. The topological polar surface area (TPSA) is 0 Å². The van der Waals surface area contributed by atoms with Crippen molar-refractivity contribution in [1.29, 1.82) is 0 Å². The van der Waals surface area contributed by atoms with Gasteiger partial charge in [0.2, 0.25) is 0 Å². The molecule has 0 amide bonds. The number of hydrogen-bond acceptors (Lipinski definition) is 0. The van der Waals surface area contributed by atoms with Crippen molar-refractivity contribution >= 4 is 0 Å². The predicted molar refractivity (Wildman–Crippen MR) is 84.9 cm³/mol. The quantitative estimate of drug-likeness (QED) is 0.636. The molecule has 106 valence electrons. The van der Waals surface area contributed by atoms with Crippen molar-refractivity contribution in [3.8, 4) is 11.8 Å². The highest BCUT2D eigenvalue weighted by molar-refractivity contribution is 5.50. The number of aryl methyl sites for hydroxylation is 2. The molecule has 0 radical (unpaired) electrons. The van der Waals surface area contributed by atoms with E-state index in [9.17, 15) is 4.39 Å². The Morgan fingerprint density at radius 2 is 1.67 bits per heavy atom. The maximum atomic E-state index is 14.4. The first-order chi connectivity index (χ1) is 10.1. The van der Waals surface area contributed by atoms with Crippen molar-refractivity contribution in [2.45, 2.75) is 39.0 Å². The maximum Gasteiger partial charge on any atom is 0.130 e. The standard InChI is InChI=1S/C20H19F/c1-14-6-9-16(10-7-14)11-13-18-12-8-15(2)20(21)19(18)17-4-3-5-17/h6-10,12,17H,3-5H2,1-2H3. The molecular weight excluding hydrogens is 259 g/mol. The second-order valence-electron chi connectivity index (χ2n) is 5.90. The summed E-state index contributed by atoms with van der Waals surface area (Å²) < 4.78 is 14.4. The normalized spacial score (nSPS) is 14.2. The van der Waals surface area contributed by atoms with Crippen LogP contribution in [-0.2, 0) is 0 Å². The highest BCUT2D eigenvalue weighted by atomic mass is 19.1. The molecule has 2 aromatic carbocycles. The summed E-state index contributed by atoms with van der Waals surface area (Å²) >= 11 is 0. The fourth-order valence-electron chi connectivity index (χ4n) is 2.68. The van der Waals surface area contributed by atoms with Gasteiger partial charge in [0, 0.05) is 16.7 Å². The fourth-order valence-corrected chi connectivity index (χ4v) is 2.68. The van der Waals surface area contributed by atoms with Crippen LogP contribution in [0.25, 0.3) is 0 Å². The van der Waals surface area contributed by atoms with Crippen LogP contribution in [0.1, 0.15) is 53.0 Å². The third-order valence-electron chi connectivity index (χ3n) is 4.28. The molecule has 3 rings (SSSR count). The van der Waals surface area contributed by atoms with Gasteiger partial charge in [-0.2, -0.15) is 0 Å². The molecule has 0 bridgehead atoms. The minimum Gasteiger partial charge on any atom is -0.206 e. The largest absolute Gasteiger partial charge is 0.206 e. The van der Waals surface area contributed by atoms with E-state index in [2.05, 4.69) is 18.8 Å². The molecule has 1 fully saturated rings. The summed E-state index contributed by atoms with van der Waals surface area (Å²) in [5, 5.41) is 0. The molecule has 1 aliphatic rings. The molecule has 0 nitrogen and oxygen atoms in total. The molecule has 0 spiro atoms. The van der Waals surface area contributed by atoms with E-state index in [0.29, 0.717) is 5.92 Å². The molecule has 1 aliphatic carbocycles. The lowest BCUT2D eigenvalue weighted by atomic mass is 9.77. The molecule has 0 heterocycles. The van der Waals surface area contributed by atoms with Gasteiger partial charge in [-0.15, -0.1) is 0 Å². The van der Waals surface area contributed by atoms with Gasteiger partial charge in [0.25, 0.3) is 0 Å². The van der Waals surface area contributed by atoms with Gasteiger partial charge in [-0.3, -0.25) is 0 Å². The van der Waals surface area contributed by atoms with Crippen LogP contribution in [0, 0.1) is 31.5 Å². The van der Waals surface area contributed by atoms with Crippen molar-refractivity contribution in [1.82, 2.24) is 0 Å². The Bertz CT molecular complexity index is 710. The van der Waals surface area contributed by atoms with Crippen LogP contribution in [0.15, 0.2) is 36.4 Å². The molecule has 1 saturated carbocycles. The van der Waals surface area contributed by atoms with Gasteiger partial charge in [0.15, 0.2) is 0 Å². The van der Waals surface area contributed by atoms with E-state index in [0.717, 1.165) is 35.1 Å². The summed E-state index contributed by atoms with van der Waals surface area (Å²) in [4.78, 5) is 0. The Labute approximate surface area is 126 Å². The summed E-state index contributed by atoms with van der Waals surface area (Å²) in [6, 6.07) is 11.9. The van der Waals surface area contributed by atoms with Crippen molar-refractivity contribution in [2.75, 3.05) is 0 Å². The van der Waals surface area contributed by atoms with Crippen LogP contribution in [0.2, 0.25) is 0 Å². The van der Waals surface area contributed by atoms with Crippen LogP contribution in [0.5, 0.6) is 0 Å². The zero-order chi connectivity index (χ0) is 14.8. The van der Waals surface area contributed by atoms with Gasteiger partial charge in [-0.05, 0) is 56.4 Å². The van der Waals surface area contributed by atoms with Gasteiger partial charge in [0.1, 0.15) is 5.82 Å². The van der Waals surface area contributed by atoms with E-state index >= 15 is 0 Å². The lowest BCUT2D eigenvalue weighted by Gasteiger charge is -2.27. The molecular formula is C20H19F. The number of halogens is 1. The smallest absolute Gasteiger partial charge is 0.130 e. The zero-order valence-electron chi connectivity index (χ0n) is 12.5. The molecule has 0 saturated heterocycles. The van der Waals surface area contributed by atoms with Gasteiger partial charge < -0.3 is 0 Å². The Kier molecular flexibility index (Phi) is 3.80. The Morgan fingerprint density at radius 1 is 0.952 bits per heavy atom. The first-order valence-corrected chi connectivity index (χ1v) is 7.53. The molecule has 2 aromatic rings. The maximum absolute atomic E-state index is 14.4. The highest BCUT2D eigenvalue weighted by Crippen LogP contribution is 2.39. The van der Waals surface area contributed by atoms with Crippen LogP contribution in [0.3, 0.4) is 0 Å². The van der Waals surface area contributed by atoms with Crippen LogP contribution in [-0.4, -0.2) is 0 Å². The van der Waals surface area contributed by atoms with Crippen molar-refractivity contribution in [3.63, 3.8) is 0 Å². The lowest BCUT2D eigenvalue weighted by molar-refractivity contribution is 0.402. The van der Waals surface area contributed by atoms with Crippen molar-refractivity contribution < 1.29 is 4.39 Å². The number of benzene rings is 2. The van der Waals surface area contributed by atoms with E-state index in [-0.39, 0.29) is 5.82 Å². The van der Waals surface area contributed by atoms with Crippen molar-refractivity contribution in [3.05, 3.63) is 70.0 Å². The molecule has 1 heteroatoms.